The average Bonchev–Trinajstić information content (AvgIpc) is 2.59. The molecular weight excluding hydrogens is 298 g/mol. The van der Waals surface area contributed by atoms with Gasteiger partial charge in [-0.25, -0.2) is 9.97 Å². The molecule has 0 aliphatic carbocycles. The van der Waals surface area contributed by atoms with Gasteiger partial charge in [-0.1, -0.05) is 43.7 Å². The summed E-state index contributed by atoms with van der Waals surface area (Å²) in [6.07, 6.45) is 3.38. The van der Waals surface area contributed by atoms with Gasteiger partial charge < -0.3 is 15.5 Å². The Bertz CT molecular complexity index is 598. The zero-order valence-electron chi connectivity index (χ0n) is 15.0. The number of nitrogens with one attached hydrogen (secondary N) is 2. The molecule has 0 saturated heterocycles. The number of rotatable bonds is 10. The molecule has 2 N–H and O–H groups in total. The molecule has 130 valence electrons. The fourth-order valence-corrected chi connectivity index (χ4v) is 2.35. The van der Waals surface area contributed by atoms with Gasteiger partial charge in [-0.05, 0) is 33.5 Å². The smallest absolute Gasteiger partial charge is 0.163 e. The van der Waals surface area contributed by atoms with E-state index in [0.29, 0.717) is 0 Å². The lowest BCUT2D eigenvalue weighted by Crippen LogP contribution is -2.17. The molecule has 2 aromatic rings. The fourth-order valence-electron chi connectivity index (χ4n) is 2.35. The Morgan fingerprint density at radius 2 is 1.54 bits per heavy atom. The third kappa shape index (κ3) is 6.16. The van der Waals surface area contributed by atoms with Crippen LogP contribution in [0.5, 0.6) is 0 Å². The maximum Gasteiger partial charge on any atom is 0.163 e. The third-order valence-electron chi connectivity index (χ3n) is 3.68. The van der Waals surface area contributed by atoms with Crippen molar-refractivity contribution in [3.05, 3.63) is 36.4 Å². The summed E-state index contributed by atoms with van der Waals surface area (Å²) in [5, 5.41) is 6.83. The van der Waals surface area contributed by atoms with Gasteiger partial charge in [-0.15, -0.1) is 0 Å². The number of hydrogen-bond acceptors (Lipinski definition) is 5. The zero-order valence-corrected chi connectivity index (χ0v) is 15.0. The van der Waals surface area contributed by atoms with Crippen molar-refractivity contribution in [1.29, 1.82) is 0 Å². The van der Waals surface area contributed by atoms with Crippen LogP contribution in [0.3, 0.4) is 0 Å². The van der Waals surface area contributed by atoms with Crippen molar-refractivity contribution in [3.63, 3.8) is 0 Å². The molecule has 1 aromatic heterocycles. The first-order valence-corrected chi connectivity index (χ1v) is 8.76. The van der Waals surface area contributed by atoms with Crippen molar-refractivity contribution in [2.24, 2.45) is 0 Å². The normalized spacial score (nSPS) is 10.8. The Hall–Kier alpha value is -2.14. The molecule has 0 aliphatic heterocycles. The van der Waals surface area contributed by atoms with Gasteiger partial charge >= 0.3 is 0 Å². The van der Waals surface area contributed by atoms with Crippen LogP contribution in [0, 0.1) is 0 Å². The Morgan fingerprint density at radius 1 is 0.917 bits per heavy atom. The average molecular weight is 327 g/mol. The van der Waals surface area contributed by atoms with E-state index in [0.717, 1.165) is 55.5 Å². The molecule has 1 heterocycles. The monoisotopic (exact) mass is 327 g/mol. The summed E-state index contributed by atoms with van der Waals surface area (Å²) < 4.78 is 0. The van der Waals surface area contributed by atoms with Crippen molar-refractivity contribution >= 4 is 11.6 Å². The van der Waals surface area contributed by atoms with Crippen molar-refractivity contribution in [3.8, 4) is 11.4 Å². The molecule has 0 unspecified atom stereocenters. The van der Waals surface area contributed by atoms with Gasteiger partial charge in [0.2, 0.25) is 0 Å². The van der Waals surface area contributed by atoms with Crippen molar-refractivity contribution in [1.82, 2.24) is 14.9 Å². The van der Waals surface area contributed by atoms with Crippen LogP contribution in [0.1, 0.15) is 26.2 Å². The molecule has 1 aromatic carbocycles. The van der Waals surface area contributed by atoms with Crippen LogP contribution in [0.15, 0.2) is 36.4 Å². The molecule has 2 rings (SSSR count). The zero-order chi connectivity index (χ0) is 17.2. The topological polar surface area (TPSA) is 53.1 Å². The van der Waals surface area contributed by atoms with E-state index in [1.807, 2.05) is 36.4 Å². The fraction of sp³-hybridized carbons (Fsp3) is 0.474. The summed E-state index contributed by atoms with van der Waals surface area (Å²) >= 11 is 0. The van der Waals surface area contributed by atoms with Gasteiger partial charge in [-0.2, -0.15) is 0 Å². The Morgan fingerprint density at radius 3 is 2.12 bits per heavy atom. The molecule has 5 heteroatoms. The van der Waals surface area contributed by atoms with Crippen molar-refractivity contribution < 1.29 is 0 Å². The van der Waals surface area contributed by atoms with Gasteiger partial charge in [0.05, 0.1) is 0 Å². The second-order valence-corrected chi connectivity index (χ2v) is 6.19. The highest BCUT2D eigenvalue weighted by Gasteiger charge is 2.06. The lowest BCUT2D eigenvalue weighted by atomic mass is 10.2. The largest absolute Gasteiger partial charge is 0.370 e. The summed E-state index contributed by atoms with van der Waals surface area (Å²) in [5.41, 5.74) is 1.04. The summed E-state index contributed by atoms with van der Waals surface area (Å²) in [6.45, 7) is 5.08. The molecule has 0 amide bonds. The number of aromatic nitrogens is 2. The highest BCUT2D eigenvalue weighted by Crippen LogP contribution is 2.20. The highest BCUT2D eigenvalue weighted by atomic mass is 15.1. The molecule has 0 fully saturated rings. The first-order chi connectivity index (χ1) is 11.7. The van der Waals surface area contributed by atoms with Crippen LogP contribution in [0.4, 0.5) is 11.6 Å². The highest BCUT2D eigenvalue weighted by molar-refractivity contribution is 5.61. The minimum Gasteiger partial charge on any atom is -0.370 e. The second-order valence-electron chi connectivity index (χ2n) is 6.19. The minimum absolute atomic E-state index is 0.757. The van der Waals surface area contributed by atoms with E-state index in [9.17, 15) is 0 Å². The van der Waals surface area contributed by atoms with E-state index in [1.165, 1.54) is 6.42 Å². The van der Waals surface area contributed by atoms with E-state index >= 15 is 0 Å². The van der Waals surface area contributed by atoms with E-state index in [4.69, 9.17) is 0 Å². The van der Waals surface area contributed by atoms with E-state index in [2.05, 4.69) is 46.5 Å². The summed E-state index contributed by atoms with van der Waals surface area (Å²) in [6, 6.07) is 12.1. The van der Waals surface area contributed by atoms with Crippen LogP contribution in [0.25, 0.3) is 11.4 Å². The predicted molar refractivity (Wildman–Crippen MR) is 103 cm³/mol. The van der Waals surface area contributed by atoms with Crippen LogP contribution in [-0.2, 0) is 0 Å². The van der Waals surface area contributed by atoms with E-state index < -0.39 is 0 Å². The van der Waals surface area contributed by atoms with Crippen LogP contribution < -0.4 is 10.6 Å². The first-order valence-electron chi connectivity index (χ1n) is 8.76. The molecule has 0 atom stereocenters. The van der Waals surface area contributed by atoms with Crippen LogP contribution in [0.2, 0.25) is 0 Å². The molecule has 0 bridgehead atoms. The van der Waals surface area contributed by atoms with Crippen LogP contribution >= 0.6 is 0 Å². The second kappa shape index (κ2) is 9.88. The van der Waals surface area contributed by atoms with Gasteiger partial charge in [0.1, 0.15) is 11.6 Å². The number of unbranched alkanes of at least 4 members (excludes halogenated alkanes) is 1. The molecule has 0 aliphatic rings. The first kappa shape index (κ1) is 18.2. The lowest BCUT2D eigenvalue weighted by Gasteiger charge is -2.13. The van der Waals surface area contributed by atoms with Gasteiger partial charge in [0.15, 0.2) is 5.82 Å². The third-order valence-corrected chi connectivity index (χ3v) is 3.68. The SMILES string of the molecule is CCCCNc1cc(NCCCN(C)C)nc(-c2ccccc2)n1. The molecule has 5 nitrogen and oxygen atoms in total. The standard InChI is InChI=1S/C19H29N5/c1-4-5-12-20-17-15-18(21-13-9-14-24(2)3)23-19(22-17)16-10-7-6-8-11-16/h6-8,10-11,15H,4-5,9,12-14H2,1-3H3,(H2,20,21,22,23). The molecule has 24 heavy (non-hydrogen) atoms. The Labute approximate surface area is 145 Å². The number of anilines is 2. The molecule has 0 spiro atoms. The minimum atomic E-state index is 0.757. The van der Waals surface area contributed by atoms with Crippen molar-refractivity contribution in [2.45, 2.75) is 26.2 Å². The molecule has 0 radical (unpaired) electrons. The van der Waals surface area contributed by atoms with Gasteiger partial charge in [0, 0.05) is 24.7 Å². The summed E-state index contributed by atoms with van der Waals surface area (Å²) in [7, 11) is 4.18. The Balaban J connectivity index is 2.11. The quantitative estimate of drug-likeness (QED) is 0.651. The number of nitrogens with zero attached hydrogens (tertiary/aromatic N) is 3. The predicted octanol–water partition coefficient (Wildman–Crippen LogP) is 3.72. The van der Waals surface area contributed by atoms with Gasteiger partial charge in [0.25, 0.3) is 0 Å². The van der Waals surface area contributed by atoms with Gasteiger partial charge in [-0.3, -0.25) is 0 Å². The summed E-state index contributed by atoms with van der Waals surface area (Å²) in [5.74, 6) is 2.52. The lowest BCUT2D eigenvalue weighted by molar-refractivity contribution is 0.405. The molecule has 0 saturated carbocycles. The van der Waals surface area contributed by atoms with E-state index in [-0.39, 0.29) is 0 Å². The maximum absolute atomic E-state index is 4.67. The maximum atomic E-state index is 4.67. The molecular formula is C19H29N5. The Kier molecular flexibility index (Phi) is 7.49. The van der Waals surface area contributed by atoms with Crippen LogP contribution in [-0.4, -0.2) is 48.6 Å². The summed E-state index contributed by atoms with van der Waals surface area (Å²) in [4.78, 5) is 11.5. The van der Waals surface area contributed by atoms with Crippen molar-refractivity contribution in [2.75, 3.05) is 44.4 Å². The number of benzene rings is 1. The number of hydrogen-bond donors (Lipinski definition) is 2. The van der Waals surface area contributed by atoms with E-state index in [1.54, 1.807) is 0 Å².